The van der Waals surface area contributed by atoms with E-state index in [9.17, 15) is 4.79 Å². The smallest absolute Gasteiger partial charge is 1.00 e. The van der Waals surface area contributed by atoms with Gasteiger partial charge in [-0.1, -0.05) is 0 Å². The molecule has 0 heterocycles. The molecular weight excluding hydrogens is 131 g/mol. The predicted molar refractivity (Wildman–Crippen MR) is 31.8 cm³/mol. The molecule has 0 aromatic rings. The molecule has 0 aliphatic carbocycles. The molecule has 0 aromatic carbocycles. The van der Waals surface area contributed by atoms with Crippen LogP contribution in [-0.4, -0.2) is 16.6 Å². The maximum atomic E-state index is 10.0. The molecule has 3 N–H and O–H groups in total. The van der Waals surface area contributed by atoms with Crippen LogP contribution in [0, 0.1) is 5.41 Å². The number of rotatable bonds is 0. The Bertz CT molecular complexity index is 89.4. The quantitative estimate of drug-likeness (QED) is 0.379. The zero-order valence-electron chi connectivity index (χ0n) is 7.36. The summed E-state index contributed by atoms with van der Waals surface area (Å²) < 4.78 is 0. The van der Waals surface area contributed by atoms with Crippen molar-refractivity contribution < 1.29 is 46.4 Å². The van der Waals surface area contributed by atoms with Crippen LogP contribution in [0.4, 0.5) is 0 Å². The van der Waals surface area contributed by atoms with Crippen LogP contribution < -0.4 is 29.6 Å². The molecule has 4 heteroatoms. The van der Waals surface area contributed by atoms with Crippen LogP contribution in [0.5, 0.6) is 0 Å². The Balaban J connectivity index is -0.0000000600. The van der Waals surface area contributed by atoms with Crippen LogP contribution in [0.15, 0.2) is 0 Å². The van der Waals surface area contributed by atoms with Crippen molar-refractivity contribution in [1.29, 1.82) is 0 Å². The van der Waals surface area contributed by atoms with E-state index in [0.717, 1.165) is 0 Å². The van der Waals surface area contributed by atoms with Gasteiger partial charge >= 0.3 is 35.5 Å². The van der Waals surface area contributed by atoms with Crippen molar-refractivity contribution in [2.24, 2.45) is 5.41 Å². The van der Waals surface area contributed by atoms with Gasteiger partial charge in [-0.2, -0.15) is 0 Å². The molecule has 0 bridgehead atoms. The summed E-state index contributed by atoms with van der Waals surface area (Å²) in [7, 11) is 0. The molecule has 0 radical (unpaired) electrons. The average Bonchev–Trinajstić information content (AvgIpc) is 1.31. The first-order valence-corrected chi connectivity index (χ1v) is 2.18. The fourth-order valence-electron chi connectivity index (χ4n) is 0. The number of carboxylic acids is 1. The van der Waals surface area contributed by atoms with E-state index in [2.05, 4.69) is 0 Å². The van der Waals surface area contributed by atoms with Gasteiger partial charge in [0.05, 0.1) is 5.41 Å². The van der Waals surface area contributed by atoms with Gasteiger partial charge in [0.25, 0.3) is 0 Å². The van der Waals surface area contributed by atoms with E-state index < -0.39 is 11.4 Å². The van der Waals surface area contributed by atoms with E-state index in [1.54, 1.807) is 20.8 Å². The fraction of sp³-hybridized carbons (Fsp3) is 0.800. The predicted octanol–water partition coefficient (Wildman–Crippen LogP) is -2.59. The Morgan fingerprint density at radius 1 is 1.44 bits per heavy atom. The van der Waals surface area contributed by atoms with E-state index in [1.165, 1.54) is 0 Å². The molecule has 0 spiro atoms. The topological polar surface area (TPSA) is 68.8 Å². The van der Waals surface area contributed by atoms with Crippen LogP contribution in [0.3, 0.4) is 0 Å². The molecule has 0 fully saturated rings. The molecular formula is C5H13NaO3. The van der Waals surface area contributed by atoms with Crippen molar-refractivity contribution in [2.45, 2.75) is 20.8 Å². The van der Waals surface area contributed by atoms with Gasteiger partial charge in [0.2, 0.25) is 0 Å². The second-order valence-corrected chi connectivity index (χ2v) is 2.56. The molecule has 0 saturated heterocycles. The Morgan fingerprint density at radius 2 is 1.56 bits per heavy atom. The third kappa shape index (κ3) is 8.43. The standard InChI is InChI=1S/C5H10O2.Na.H2O.H/c1-5(2,3)4(6)7;;;/h1-3H3,(H,6,7);;1H2;/q;+1;;-1. The summed E-state index contributed by atoms with van der Waals surface area (Å²) in [6.45, 7) is 4.99. The van der Waals surface area contributed by atoms with Gasteiger partial charge in [-0.25, -0.2) is 0 Å². The van der Waals surface area contributed by atoms with Crippen molar-refractivity contribution in [1.82, 2.24) is 0 Å². The molecule has 0 amide bonds. The maximum absolute atomic E-state index is 10.0. The van der Waals surface area contributed by atoms with Crippen LogP contribution in [-0.2, 0) is 4.79 Å². The second kappa shape index (κ2) is 5.23. The van der Waals surface area contributed by atoms with E-state index >= 15 is 0 Å². The zero-order valence-corrected chi connectivity index (χ0v) is 8.36. The largest absolute Gasteiger partial charge is 1.00 e. The Hall–Kier alpha value is 0.430. The normalized spacial score (nSPS) is 8.78. The van der Waals surface area contributed by atoms with Crippen molar-refractivity contribution >= 4 is 5.97 Å². The van der Waals surface area contributed by atoms with Crippen molar-refractivity contribution in [2.75, 3.05) is 0 Å². The number of hydrogen-bond acceptors (Lipinski definition) is 1. The van der Waals surface area contributed by atoms with Crippen LogP contribution in [0.2, 0.25) is 0 Å². The molecule has 0 saturated carbocycles. The molecule has 0 aliphatic rings. The first-order valence-electron chi connectivity index (χ1n) is 2.18. The molecule has 0 aromatic heterocycles. The molecule has 3 nitrogen and oxygen atoms in total. The maximum Gasteiger partial charge on any atom is 1.00 e. The van der Waals surface area contributed by atoms with Crippen molar-refractivity contribution in [3.05, 3.63) is 0 Å². The fourth-order valence-corrected chi connectivity index (χ4v) is 0. The average molecular weight is 144 g/mol. The Labute approximate surface area is 78.5 Å². The number of carbonyl (C=O) groups is 1. The Morgan fingerprint density at radius 3 is 1.56 bits per heavy atom. The third-order valence-corrected chi connectivity index (χ3v) is 0.642. The monoisotopic (exact) mass is 144 g/mol. The van der Waals surface area contributed by atoms with Gasteiger partial charge < -0.3 is 12.0 Å². The van der Waals surface area contributed by atoms with Gasteiger partial charge in [0.1, 0.15) is 0 Å². The van der Waals surface area contributed by atoms with Gasteiger partial charge in [0, 0.05) is 0 Å². The zero-order chi connectivity index (χ0) is 6.08. The first-order chi connectivity index (χ1) is 2.94. The SMILES string of the molecule is CC(C)(C)C(=O)O.O.[H-].[Na+]. The number of aliphatic carboxylic acids is 1. The van der Waals surface area contributed by atoms with Crippen molar-refractivity contribution in [3.8, 4) is 0 Å². The number of hydrogen-bond donors (Lipinski definition) is 1. The first kappa shape index (κ1) is 16.2. The summed E-state index contributed by atoms with van der Waals surface area (Å²) in [6, 6.07) is 0. The summed E-state index contributed by atoms with van der Waals surface area (Å²) in [5.41, 5.74) is -0.583. The van der Waals surface area contributed by atoms with Crippen LogP contribution in [0.25, 0.3) is 0 Å². The van der Waals surface area contributed by atoms with Gasteiger partial charge in [-0.3, -0.25) is 4.79 Å². The second-order valence-electron chi connectivity index (χ2n) is 2.56. The van der Waals surface area contributed by atoms with Crippen molar-refractivity contribution in [3.63, 3.8) is 0 Å². The molecule has 52 valence electrons. The van der Waals surface area contributed by atoms with E-state index in [4.69, 9.17) is 5.11 Å². The minimum Gasteiger partial charge on any atom is -1.00 e. The minimum atomic E-state index is -0.757. The summed E-state index contributed by atoms with van der Waals surface area (Å²) >= 11 is 0. The molecule has 0 atom stereocenters. The summed E-state index contributed by atoms with van der Waals surface area (Å²) in [4.78, 5) is 10.0. The molecule has 0 aliphatic heterocycles. The van der Waals surface area contributed by atoms with E-state index in [0.29, 0.717) is 0 Å². The summed E-state index contributed by atoms with van der Waals surface area (Å²) in [6.07, 6.45) is 0. The number of carboxylic acid groups (broad SMARTS) is 1. The van der Waals surface area contributed by atoms with Gasteiger partial charge in [-0.15, -0.1) is 0 Å². The van der Waals surface area contributed by atoms with Crippen LogP contribution >= 0.6 is 0 Å². The molecule has 0 unspecified atom stereocenters. The minimum absolute atomic E-state index is 0. The molecule has 9 heavy (non-hydrogen) atoms. The summed E-state index contributed by atoms with van der Waals surface area (Å²) in [5, 5.41) is 8.25. The van der Waals surface area contributed by atoms with E-state index in [1.807, 2.05) is 0 Å². The third-order valence-electron chi connectivity index (χ3n) is 0.642. The van der Waals surface area contributed by atoms with E-state index in [-0.39, 0.29) is 36.5 Å². The summed E-state index contributed by atoms with van der Waals surface area (Å²) in [5.74, 6) is -0.757. The Kier molecular flexibility index (Phi) is 9.43. The molecule has 0 rings (SSSR count). The van der Waals surface area contributed by atoms with Crippen LogP contribution in [0.1, 0.15) is 22.2 Å². The van der Waals surface area contributed by atoms with Gasteiger partial charge in [-0.05, 0) is 20.8 Å². The van der Waals surface area contributed by atoms with Gasteiger partial charge in [0.15, 0.2) is 0 Å².